The molecule has 1 N–H and O–H groups in total. The van der Waals surface area contributed by atoms with Gasteiger partial charge in [-0.1, -0.05) is 19.6 Å². The van der Waals surface area contributed by atoms with Crippen molar-refractivity contribution in [3.8, 4) is 11.3 Å². The molecule has 1 aliphatic rings. The van der Waals surface area contributed by atoms with E-state index in [9.17, 15) is 9.50 Å². The summed E-state index contributed by atoms with van der Waals surface area (Å²) in [5.74, 6) is 0. The molecule has 0 saturated carbocycles. The van der Waals surface area contributed by atoms with Crippen LogP contribution in [0.2, 0.25) is 25.7 Å². The minimum atomic E-state index is -1.22. The van der Waals surface area contributed by atoms with E-state index in [-0.39, 0.29) is 12.6 Å². The molecular formula is C25H38FN7O2Si. The van der Waals surface area contributed by atoms with Gasteiger partial charge in [0, 0.05) is 77.3 Å². The van der Waals surface area contributed by atoms with Crippen LogP contribution in [-0.2, 0) is 11.5 Å². The molecule has 0 aromatic carbocycles. The highest BCUT2D eigenvalue weighted by molar-refractivity contribution is 6.76. The number of aliphatic hydroxyl groups is 1. The van der Waals surface area contributed by atoms with Gasteiger partial charge in [-0.2, -0.15) is 5.10 Å². The molecule has 1 saturated heterocycles. The van der Waals surface area contributed by atoms with Crippen molar-refractivity contribution in [2.45, 2.75) is 63.6 Å². The van der Waals surface area contributed by atoms with Crippen LogP contribution < -0.4 is 0 Å². The highest BCUT2D eigenvalue weighted by Crippen LogP contribution is 2.27. The second-order valence-corrected chi connectivity index (χ2v) is 16.4. The van der Waals surface area contributed by atoms with E-state index in [4.69, 9.17) is 4.74 Å². The Bertz CT molecular complexity index is 1160. The fraction of sp³-hybridized carbons (Fsp3) is 0.600. The van der Waals surface area contributed by atoms with Crippen LogP contribution in [0.3, 0.4) is 0 Å². The molecule has 0 amide bonds. The largest absolute Gasteiger partial charge is 0.390 e. The van der Waals surface area contributed by atoms with Crippen LogP contribution in [0, 0.1) is 0 Å². The van der Waals surface area contributed by atoms with Crippen LogP contribution in [0.5, 0.6) is 0 Å². The first-order chi connectivity index (χ1) is 17.2. The van der Waals surface area contributed by atoms with E-state index in [0.29, 0.717) is 32.7 Å². The zero-order valence-corrected chi connectivity index (χ0v) is 22.7. The van der Waals surface area contributed by atoms with Crippen LogP contribution in [0.4, 0.5) is 4.39 Å². The predicted octanol–water partition coefficient (Wildman–Crippen LogP) is 3.64. The van der Waals surface area contributed by atoms with Crippen molar-refractivity contribution in [3.63, 3.8) is 0 Å². The van der Waals surface area contributed by atoms with Gasteiger partial charge >= 0.3 is 0 Å². The second-order valence-electron chi connectivity index (χ2n) is 10.8. The number of likely N-dealkylation sites (tertiary alicyclic amines) is 1. The van der Waals surface area contributed by atoms with Gasteiger partial charge in [-0.15, -0.1) is 0 Å². The summed E-state index contributed by atoms with van der Waals surface area (Å²) in [6, 6.07) is 3.14. The number of aliphatic imine (C=N–C) groups is 1. The molecule has 11 heteroatoms. The summed E-state index contributed by atoms with van der Waals surface area (Å²) in [5.41, 5.74) is 2.55. The topological polar surface area (TPSA) is 93.6 Å². The summed E-state index contributed by atoms with van der Waals surface area (Å²) < 4.78 is 23.9. The standard InChI is InChI=1S/C25H38FN7O2Si/c1-27-8-5-20(15-31-9-7-23(34)22(26)16-31)33-14-19(13-30-33)24-21-6-10-32(25(21)29-17-28-24)18-35-11-12-36(2,3)4/h6,8,10,13-14,17,20,22-23,34H,5,7,9,11-12,15-16,18H2,1-4H3. The third-order valence-corrected chi connectivity index (χ3v) is 8.36. The molecule has 3 aromatic rings. The molecule has 196 valence electrons. The van der Waals surface area contributed by atoms with Crippen molar-refractivity contribution < 1.29 is 14.2 Å². The van der Waals surface area contributed by atoms with Gasteiger partial charge in [0.25, 0.3) is 0 Å². The number of rotatable bonds is 11. The van der Waals surface area contributed by atoms with Gasteiger partial charge in [0.05, 0.1) is 24.0 Å². The van der Waals surface area contributed by atoms with Gasteiger partial charge in [-0.25, -0.2) is 14.4 Å². The molecule has 3 aromatic heterocycles. The number of aliphatic hydroxyl groups excluding tert-OH is 1. The number of ether oxygens (including phenoxy) is 1. The van der Waals surface area contributed by atoms with Crippen molar-refractivity contribution in [2.75, 3.05) is 33.3 Å². The van der Waals surface area contributed by atoms with Crippen LogP contribution >= 0.6 is 0 Å². The molecule has 4 rings (SSSR count). The minimum absolute atomic E-state index is 0.00779. The van der Waals surface area contributed by atoms with E-state index in [0.717, 1.165) is 34.9 Å². The number of alkyl halides is 1. The Kier molecular flexibility index (Phi) is 8.65. The van der Waals surface area contributed by atoms with E-state index in [1.54, 1.807) is 13.4 Å². The van der Waals surface area contributed by atoms with Crippen LogP contribution in [0.15, 0.2) is 36.0 Å². The second kappa shape index (κ2) is 11.7. The maximum atomic E-state index is 14.1. The Morgan fingerprint density at radius 3 is 2.92 bits per heavy atom. The first kappa shape index (κ1) is 26.6. The minimum Gasteiger partial charge on any atom is -0.390 e. The summed E-state index contributed by atoms with van der Waals surface area (Å²) in [7, 11) is 0.615. The molecule has 0 aliphatic carbocycles. The Hall–Kier alpha value is -2.47. The first-order valence-corrected chi connectivity index (χ1v) is 16.3. The van der Waals surface area contributed by atoms with Crippen molar-refractivity contribution in [1.82, 2.24) is 29.2 Å². The lowest BCUT2D eigenvalue weighted by atomic mass is 10.0. The lowest BCUT2D eigenvalue weighted by molar-refractivity contribution is 0.00236. The van der Waals surface area contributed by atoms with E-state index < -0.39 is 20.3 Å². The average molecular weight is 516 g/mol. The molecule has 9 nitrogen and oxygen atoms in total. The summed E-state index contributed by atoms with van der Waals surface area (Å²) in [4.78, 5) is 15.3. The zero-order chi connectivity index (χ0) is 25.7. The van der Waals surface area contributed by atoms with Crippen LogP contribution in [-0.4, -0.2) is 94.2 Å². The number of fused-ring (bicyclic) bond motifs is 1. The molecule has 1 fully saturated rings. The molecule has 36 heavy (non-hydrogen) atoms. The van der Waals surface area contributed by atoms with E-state index in [1.165, 1.54) is 0 Å². The maximum Gasteiger partial charge on any atom is 0.145 e. The number of halogens is 1. The lowest BCUT2D eigenvalue weighted by Crippen LogP contribution is -2.46. The average Bonchev–Trinajstić information content (AvgIpc) is 3.49. The summed E-state index contributed by atoms with van der Waals surface area (Å²) in [6.45, 7) is 9.76. The monoisotopic (exact) mass is 515 g/mol. The Morgan fingerprint density at radius 1 is 1.33 bits per heavy atom. The molecule has 4 heterocycles. The maximum absolute atomic E-state index is 14.1. The van der Waals surface area contributed by atoms with Gasteiger partial charge < -0.3 is 19.4 Å². The van der Waals surface area contributed by atoms with Gasteiger partial charge in [0.2, 0.25) is 0 Å². The summed E-state index contributed by atoms with van der Waals surface area (Å²) >= 11 is 0. The van der Waals surface area contributed by atoms with E-state index >= 15 is 0 Å². The Labute approximate surface area is 213 Å². The molecule has 1 aliphatic heterocycles. The fourth-order valence-corrected chi connectivity index (χ4v) is 5.21. The van der Waals surface area contributed by atoms with Crippen LogP contribution in [0.1, 0.15) is 18.9 Å². The molecule has 0 bridgehead atoms. The highest BCUT2D eigenvalue weighted by Gasteiger charge is 2.29. The lowest BCUT2D eigenvalue weighted by Gasteiger charge is -2.34. The number of aromatic nitrogens is 5. The van der Waals surface area contributed by atoms with Gasteiger partial charge in [-0.3, -0.25) is 9.58 Å². The van der Waals surface area contributed by atoms with Gasteiger partial charge in [-0.05, 0) is 18.5 Å². The normalized spacial score (nSPS) is 20.5. The highest BCUT2D eigenvalue weighted by atomic mass is 28.3. The van der Waals surface area contributed by atoms with Gasteiger partial charge in [0.1, 0.15) is 24.9 Å². The molecule has 0 radical (unpaired) electrons. The smallest absolute Gasteiger partial charge is 0.145 e. The van der Waals surface area contributed by atoms with Gasteiger partial charge in [0.15, 0.2) is 0 Å². The van der Waals surface area contributed by atoms with E-state index in [1.807, 2.05) is 40.1 Å². The Balaban J connectivity index is 1.50. The SMILES string of the molecule is CN=CCC(CN1CCC(O)C(F)C1)n1cc(-c2ncnc3c2ccn3COCC[Si](C)(C)C)cn1. The Morgan fingerprint density at radius 2 is 2.17 bits per heavy atom. The van der Waals surface area contributed by atoms with Crippen molar-refractivity contribution in [1.29, 1.82) is 0 Å². The number of piperidine rings is 1. The fourth-order valence-electron chi connectivity index (χ4n) is 4.45. The van der Waals surface area contributed by atoms with Crippen LogP contribution in [0.25, 0.3) is 22.3 Å². The molecule has 0 spiro atoms. The summed E-state index contributed by atoms with van der Waals surface area (Å²) in [5, 5.41) is 15.3. The van der Waals surface area contributed by atoms with Crippen molar-refractivity contribution in [3.05, 3.63) is 31.0 Å². The number of hydrogen-bond acceptors (Lipinski definition) is 7. The van der Waals surface area contributed by atoms with Crippen molar-refractivity contribution in [2.24, 2.45) is 4.99 Å². The molecule has 3 atom stereocenters. The molecule has 3 unspecified atom stereocenters. The third kappa shape index (κ3) is 6.64. The summed E-state index contributed by atoms with van der Waals surface area (Å²) in [6.07, 6.45) is 8.27. The van der Waals surface area contributed by atoms with E-state index in [2.05, 4.69) is 44.6 Å². The number of nitrogens with zero attached hydrogens (tertiary/aromatic N) is 7. The quantitative estimate of drug-likeness (QED) is 0.238. The zero-order valence-electron chi connectivity index (χ0n) is 21.7. The predicted molar refractivity (Wildman–Crippen MR) is 143 cm³/mol. The number of hydrogen-bond donors (Lipinski definition) is 1. The van der Waals surface area contributed by atoms with Crippen molar-refractivity contribution >= 4 is 25.3 Å². The third-order valence-electron chi connectivity index (χ3n) is 6.65. The first-order valence-electron chi connectivity index (χ1n) is 12.6. The molecular weight excluding hydrogens is 477 g/mol.